The predicted molar refractivity (Wildman–Crippen MR) is 80.3 cm³/mol. The van der Waals surface area contributed by atoms with E-state index in [-0.39, 0.29) is 11.5 Å². The number of ether oxygens (including phenoxy) is 2. The van der Waals surface area contributed by atoms with Gasteiger partial charge in [0.15, 0.2) is 5.11 Å². The van der Waals surface area contributed by atoms with Gasteiger partial charge in [-0.3, -0.25) is 4.79 Å². The Morgan fingerprint density at radius 3 is 2.50 bits per heavy atom. The van der Waals surface area contributed by atoms with Gasteiger partial charge in [-0.2, -0.15) is 0 Å². The summed E-state index contributed by atoms with van der Waals surface area (Å²) < 4.78 is 10.9. The molecule has 0 aliphatic rings. The molecule has 0 spiro atoms. The average Bonchev–Trinajstić information content (AvgIpc) is 2.41. The number of benzene rings is 1. The SMILES string of the molecule is CCOc1ccc(OCC)c(CC(=O)N(N)C(N)=S)c1. The van der Waals surface area contributed by atoms with Crippen LogP contribution < -0.4 is 21.1 Å². The lowest BCUT2D eigenvalue weighted by Crippen LogP contribution is -2.46. The van der Waals surface area contributed by atoms with Crippen LogP contribution in [0.2, 0.25) is 0 Å². The summed E-state index contributed by atoms with van der Waals surface area (Å²) in [4.78, 5) is 11.9. The highest BCUT2D eigenvalue weighted by molar-refractivity contribution is 7.80. The van der Waals surface area contributed by atoms with E-state index in [1.807, 2.05) is 13.8 Å². The zero-order valence-electron chi connectivity index (χ0n) is 11.6. The number of carbonyl (C=O) groups is 1. The van der Waals surface area contributed by atoms with Crippen LogP contribution in [-0.4, -0.2) is 29.2 Å². The molecule has 0 saturated heterocycles. The van der Waals surface area contributed by atoms with Gasteiger partial charge in [-0.1, -0.05) is 0 Å². The quantitative estimate of drug-likeness (QED) is 0.352. The van der Waals surface area contributed by atoms with Crippen molar-refractivity contribution in [3.63, 3.8) is 0 Å². The maximum Gasteiger partial charge on any atom is 0.247 e. The number of amides is 1. The second kappa shape index (κ2) is 7.66. The minimum atomic E-state index is -0.410. The number of thiocarbonyl (C=S) groups is 1. The minimum Gasteiger partial charge on any atom is -0.494 e. The van der Waals surface area contributed by atoms with Crippen LogP contribution in [0.15, 0.2) is 18.2 Å². The van der Waals surface area contributed by atoms with Crippen LogP contribution in [0.1, 0.15) is 19.4 Å². The molecule has 0 fully saturated rings. The lowest BCUT2D eigenvalue weighted by Gasteiger charge is -2.16. The molecule has 0 radical (unpaired) electrons. The Morgan fingerprint density at radius 1 is 1.30 bits per heavy atom. The fourth-order valence-corrected chi connectivity index (χ4v) is 1.72. The van der Waals surface area contributed by atoms with Crippen LogP contribution in [0.4, 0.5) is 0 Å². The molecule has 1 rings (SSSR count). The lowest BCUT2D eigenvalue weighted by atomic mass is 10.1. The molecule has 0 aliphatic carbocycles. The topological polar surface area (TPSA) is 90.8 Å². The summed E-state index contributed by atoms with van der Waals surface area (Å²) in [5.41, 5.74) is 6.00. The number of carbonyl (C=O) groups excluding carboxylic acids is 1. The lowest BCUT2D eigenvalue weighted by molar-refractivity contribution is -0.126. The molecular weight excluding hydrogens is 278 g/mol. The summed E-state index contributed by atoms with van der Waals surface area (Å²) in [6.07, 6.45) is 0.0318. The van der Waals surface area contributed by atoms with Crippen molar-refractivity contribution in [2.75, 3.05) is 13.2 Å². The molecular formula is C13H19N3O3S. The summed E-state index contributed by atoms with van der Waals surface area (Å²) in [6.45, 7) is 4.79. The van der Waals surface area contributed by atoms with E-state index in [0.717, 1.165) is 5.01 Å². The maximum absolute atomic E-state index is 11.9. The van der Waals surface area contributed by atoms with E-state index in [1.165, 1.54) is 0 Å². The summed E-state index contributed by atoms with van der Waals surface area (Å²) in [5.74, 6) is 6.34. The highest BCUT2D eigenvalue weighted by atomic mass is 32.1. The molecule has 0 atom stereocenters. The highest BCUT2D eigenvalue weighted by Crippen LogP contribution is 2.25. The molecule has 20 heavy (non-hydrogen) atoms. The van der Waals surface area contributed by atoms with Gasteiger partial charge in [0.2, 0.25) is 5.91 Å². The van der Waals surface area contributed by atoms with Crippen LogP contribution in [0.3, 0.4) is 0 Å². The van der Waals surface area contributed by atoms with E-state index in [0.29, 0.717) is 30.3 Å². The minimum absolute atomic E-state index is 0.0318. The van der Waals surface area contributed by atoms with Crippen molar-refractivity contribution in [3.05, 3.63) is 23.8 Å². The zero-order valence-corrected chi connectivity index (χ0v) is 12.4. The number of hydrazine groups is 1. The highest BCUT2D eigenvalue weighted by Gasteiger charge is 2.16. The first-order valence-corrected chi connectivity index (χ1v) is 6.66. The van der Waals surface area contributed by atoms with E-state index in [2.05, 4.69) is 12.2 Å². The van der Waals surface area contributed by atoms with Crippen LogP contribution in [-0.2, 0) is 11.2 Å². The Bertz CT molecular complexity index is 494. The van der Waals surface area contributed by atoms with Crippen molar-refractivity contribution in [3.8, 4) is 11.5 Å². The van der Waals surface area contributed by atoms with Gasteiger partial charge < -0.3 is 15.2 Å². The van der Waals surface area contributed by atoms with E-state index in [4.69, 9.17) is 21.1 Å². The molecule has 1 aromatic rings. The van der Waals surface area contributed by atoms with E-state index in [9.17, 15) is 4.79 Å². The molecule has 1 amide bonds. The second-order valence-corrected chi connectivity index (χ2v) is 4.33. The Morgan fingerprint density at radius 2 is 1.95 bits per heavy atom. The standard InChI is InChI=1S/C13H19N3O3S/c1-3-18-10-5-6-11(19-4-2)9(7-10)8-12(17)16(15)13(14)20/h5-7H,3-4,8,15H2,1-2H3,(H2,14,20). The fraction of sp³-hybridized carbons (Fsp3) is 0.385. The van der Waals surface area contributed by atoms with Gasteiger partial charge in [-0.15, -0.1) is 0 Å². The maximum atomic E-state index is 11.9. The largest absolute Gasteiger partial charge is 0.494 e. The van der Waals surface area contributed by atoms with Crippen molar-refractivity contribution in [1.29, 1.82) is 0 Å². The van der Waals surface area contributed by atoms with Crippen LogP contribution in [0.5, 0.6) is 11.5 Å². The first-order chi connectivity index (χ1) is 9.49. The third kappa shape index (κ3) is 4.36. The molecule has 0 saturated carbocycles. The van der Waals surface area contributed by atoms with Gasteiger partial charge in [-0.05, 0) is 44.3 Å². The predicted octanol–water partition coefficient (Wildman–Crippen LogP) is 0.972. The number of hydrogen-bond donors (Lipinski definition) is 2. The molecule has 0 bridgehead atoms. The van der Waals surface area contributed by atoms with Crippen molar-refractivity contribution < 1.29 is 14.3 Å². The summed E-state index contributed by atoms with van der Waals surface area (Å²) >= 11 is 4.66. The first-order valence-electron chi connectivity index (χ1n) is 6.25. The van der Waals surface area contributed by atoms with Crippen LogP contribution >= 0.6 is 12.2 Å². The second-order valence-electron chi connectivity index (χ2n) is 3.91. The smallest absolute Gasteiger partial charge is 0.247 e. The Labute approximate surface area is 123 Å². The molecule has 0 aliphatic heterocycles. The van der Waals surface area contributed by atoms with Gasteiger partial charge >= 0.3 is 0 Å². The van der Waals surface area contributed by atoms with E-state index < -0.39 is 5.91 Å². The third-order valence-electron chi connectivity index (χ3n) is 2.49. The molecule has 0 unspecified atom stereocenters. The average molecular weight is 297 g/mol. The summed E-state index contributed by atoms with van der Waals surface area (Å²) in [7, 11) is 0. The first kappa shape index (κ1) is 16.2. The summed E-state index contributed by atoms with van der Waals surface area (Å²) in [5, 5.41) is 0.576. The molecule has 4 N–H and O–H groups in total. The van der Waals surface area contributed by atoms with Gasteiger partial charge in [0, 0.05) is 5.56 Å². The Kier molecular flexibility index (Phi) is 6.20. The number of nitrogens with two attached hydrogens (primary N) is 2. The monoisotopic (exact) mass is 297 g/mol. The zero-order chi connectivity index (χ0) is 15.1. The molecule has 110 valence electrons. The normalized spacial score (nSPS) is 9.95. The summed E-state index contributed by atoms with van der Waals surface area (Å²) in [6, 6.07) is 5.30. The molecule has 1 aromatic carbocycles. The van der Waals surface area contributed by atoms with Gasteiger partial charge in [0.25, 0.3) is 0 Å². The molecule has 0 heterocycles. The van der Waals surface area contributed by atoms with Crippen molar-refractivity contribution in [1.82, 2.24) is 5.01 Å². The number of nitrogens with zero attached hydrogens (tertiary/aromatic N) is 1. The van der Waals surface area contributed by atoms with Crippen molar-refractivity contribution in [2.24, 2.45) is 11.6 Å². The molecule has 0 aromatic heterocycles. The van der Waals surface area contributed by atoms with Gasteiger partial charge in [0.05, 0.1) is 19.6 Å². The number of rotatable bonds is 6. The van der Waals surface area contributed by atoms with Crippen LogP contribution in [0, 0.1) is 0 Å². The van der Waals surface area contributed by atoms with Gasteiger partial charge in [-0.25, -0.2) is 10.9 Å². The third-order valence-corrected chi connectivity index (χ3v) is 2.69. The van der Waals surface area contributed by atoms with Crippen molar-refractivity contribution >= 4 is 23.2 Å². The fourth-order valence-electron chi connectivity index (χ4n) is 1.62. The van der Waals surface area contributed by atoms with E-state index in [1.54, 1.807) is 18.2 Å². The molecule has 6 nitrogen and oxygen atoms in total. The molecule has 7 heteroatoms. The van der Waals surface area contributed by atoms with Crippen LogP contribution in [0.25, 0.3) is 0 Å². The van der Waals surface area contributed by atoms with Crippen molar-refractivity contribution in [2.45, 2.75) is 20.3 Å². The Balaban J connectivity index is 2.97. The van der Waals surface area contributed by atoms with Gasteiger partial charge in [0.1, 0.15) is 11.5 Å². The van der Waals surface area contributed by atoms with E-state index >= 15 is 0 Å². The Hall–Kier alpha value is -1.86. The number of hydrogen-bond acceptors (Lipinski definition) is 5.